The van der Waals surface area contributed by atoms with E-state index in [2.05, 4.69) is 11.1 Å². The molecule has 0 aliphatic carbocycles. The highest BCUT2D eigenvalue weighted by molar-refractivity contribution is 5.98. The van der Waals surface area contributed by atoms with Crippen molar-refractivity contribution >= 4 is 23.5 Å². The maximum atomic E-state index is 12.6. The first kappa shape index (κ1) is 27.7. The zero-order chi connectivity index (χ0) is 25.1. The number of pyridine rings is 1. The SMILES string of the molecule is Cc1cccc(C)c1N(CCCc1cccnc1)C(=O)[C@@H](C)N.O=C(O)C(O)C(O)C(=O)O. The summed E-state index contributed by atoms with van der Waals surface area (Å²) in [7, 11) is 0. The molecule has 1 heterocycles. The van der Waals surface area contributed by atoms with Crippen LogP contribution >= 0.6 is 0 Å². The number of anilines is 1. The number of carbonyl (C=O) groups excluding carboxylic acids is 1. The Morgan fingerprint density at radius 3 is 1.97 bits per heavy atom. The van der Waals surface area contributed by atoms with Crippen LogP contribution in [0.2, 0.25) is 0 Å². The Labute approximate surface area is 192 Å². The number of nitrogens with two attached hydrogens (primary N) is 1. The minimum atomic E-state index is -2.27. The fourth-order valence-electron chi connectivity index (χ4n) is 3.07. The summed E-state index contributed by atoms with van der Waals surface area (Å²) in [6, 6.07) is 9.57. The first-order valence-electron chi connectivity index (χ1n) is 10.3. The van der Waals surface area contributed by atoms with Crippen LogP contribution in [0.25, 0.3) is 0 Å². The molecular weight excluding hydrogens is 430 g/mol. The predicted molar refractivity (Wildman–Crippen MR) is 122 cm³/mol. The van der Waals surface area contributed by atoms with E-state index in [0.29, 0.717) is 6.54 Å². The second kappa shape index (κ2) is 13.3. The Morgan fingerprint density at radius 2 is 1.55 bits per heavy atom. The van der Waals surface area contributed by atoms with Crippen LogP contribution in [0.4, 0.5) is 5.69 Å². The highest BCUT2D eigenvalue weighted by atomic mass is 16.4. The van der Waals surface area contributed by atoms with Crippen LogP contribution in [0.3, 0.4) is 0 Å². The topological polar surface area (TPSA) is 174 Å². The number of carbonyl (C=O) groups is 3. The zero-order valence-electron chi connectivity index (χ0n) is 18.9. The third-order valence-corrected chi connectivity index (χ3v) is 4.74. The summed E-state index contributed by atoms with van der Waals surface area (Å²) in [4.78, 5) is 38.1. The number of aromatic nitrogens is 1. The minimum absolute atomic E-state index is 0.0337. The molecule has 1 aromatic carbocycles. The first-order valence-corrected chi connectivity index (χ1v) is 10.3. The van der Waals surface area contributed by atoms with Crippen LogP contribution in [0.5, 0.6) is 0 Å². The number of amides is 1. The molecule has 1 aromatic heterocycles. The maximum Gasteiger partial charge on any atom is 0.335 e. The van der Waals surface area contributed by atoms with Gasteiger partial charge in [-0.15, -0.1) is 0 Å². The average molecular weight is 462 g/mol. The van der Waals surface area contributed by atoms with Gasteiger partial charge in [-0.2, -0.15) is 0 Å². The van der Waals surface area contributed by atoms with Crippen molar-refractivity contribution in [1.82, 2.24) is 4.98 Å². The molecule has 0 spiro atoms. The fraction of sp³-hybridized carbons (Fsp3) is 0.391. The molecule has 0 fully saturated rings. The Bertz CT molecular complexity index is 897. The Balaban J connectivity index is 0.000000461. The van der Waals surface area contributed by atoms with Crippen molar-refractivity contribution in [1.29, 1.82) is 0 Å². The molecule has 10 heteroatoms. The molecule has 2 rings (SSSR count). The number of benzene rings is 1. The van der Waals surface area contributed by atoms with E-state index in [1.807, 2.05) is 49.2 Å². The zero-order valence-corrected chi connectivity index (χ0v) is 18.9. The number of carboxylic acid groups (broad SMARTS) is 2. The smallest absolute Gasteiger partial charge is 0.335 e. The van der Waals surface area contributed by atoms with Crippen LogP contribution in [-0.4, -0.2) is 68.1 Å². The third kappa shape index (κ3) is 8.60. The van der Waals surface area contributed by atoms with Crippen molar-refractivity contribution in [3.05, 3.63) is 59.4 Å². The van der Waals surface area contributed by atoms with Gasteiger partial charge in [-0.3, -0.25) is 9.78 Å². The van der Waals surface area contributed by atoms with Gasteiger partial charge < -0.3 is 31.1 Å². The summed E-state index contributed by atoms with van der Waals surface area (Å²) in [6.45, 7) is 6.46. The standard InChI is InChI=1S/C19H25N3O.C4H6O6/c1-14-7-4-8-15(2)18(14)22(19(23)16(3)20)12-6-10-17-9-5-11-21-13-17;5-1(3(7)8)2(6)4(9)10/h4-5,7-9,11,13,16H,6,10,12,20H2,1-3H3;1-2,5-6H,(H,7,8)(H,9,10)/t16-;/m1./s1. The molecule has 0 aliphatic heterocycles. The number of hydrogen-bond donors (Lipinski definition) is 5. The van der Waals surface area contributed by atoms with Gasteiger partial charge in [0.1, 0.15) is 0 Å². The molecule has 180 valence electrons. The second-order valence-electron chi connectivity index (χ2n) is 7.55. The van der Waals surface area contributed by atoms with Crippen LogP contribution in [-0.2, 0) is 20.8 Å². The maximum absolute atomic E-state index is 12.6. The summed E-state index contributed by atoms with van der Waals surface area (Å²) < 4.78 is 0. The molecular formula is C23H31N3O7. The highest BCUT2D eigenvalue weighted by Gasteiger charge is 2.29. The van der Waals surface area contributed by atoms with E-state index >= 15 is 0 Å². The van der Waals surface area contributed by atoms with Crippen molar-refractivity contribution in [2.75, 3.05) is 11.4 Å². The van der Waals surface area contributed by atoms with Crippen LogP contribution < -0.4 is 10.6 Å². The van der Waals surface area contributed by atoms with E-state index in [1.54, 1.807) is 13.1 Å². The Morgan fingerprint density at radius 1 is 1.00 bits per heavy atom. The van der Waals surface area contributed by atoms with Crippen LogP contribution in [0, 0.1) is 13.8 Å². The number of nitrogens with zero attached hydrogens (tertiary/aromatic N) is 2. The molecule has 10 nitrogen and oxygen atoms in total. The Kier molecular flexibility index (Phi) is 11.1. The van der Waals surface area contributed by atoms with Gasteiger partial charge in [0, 0.05) is 24.6 Å². The lowest BCUT2D eigenvalue weighted by atomic mass is 10.1. The first-order chi connectivity index (χ1) is 15.5. The number of hydrogen-bond acceptors (Lipinski definition) is 7. The van der Waals surface area contributed by atoms with E-state index < -0.39 is 30.2 Å². The molecule has 3 atom stereocenters. The molecule has 1 amide bonds. The lowest BCUT2D eigenvalue weighted by Crippen LogP contribution is -2.43. The number of aliphatic carboxylic acids is 2. The lowest BCUT2D eigenvalue weighted by Gasteiger charge is -2.28. The third-order valence-electron chi connectivity index (χ3n) is 4.74. The fourth-order valence-corrected chi connectivity index (χ4v) is 3.07. The highest BCUT2D eigenvalue weighted by Crippen LogP contribution is 2.25. The Hall–Kier alpha value is -3.34. The van der Waals surface area contributed by atoms with Gasteiger partial charge in [-0.05, 0) is 56.4 Å². The van der Waals surface area contributed by atoms with E-state index in [0.717, 1.165) is 29.7 Å². The largest absolute Gasteiger partial charge is 0.479 e. The van der Waals surface area contributed by atoms with Crippen molar-refractivity contribution in [2.24, 2.45) is 5.73 Å². The van der Waals surface area contributed by atoms with Gasteiger partial charge in [0.25, 0.3) is 0 Å². The van der Waals surface area contributed by atoms with E-state index in [9.17, 15) is 14.4 Å². The minimum Gasteiger partial charge on any atom is -0.479 e. The van der Waals surface area contributed by atoms with Crippen molar-refractivity contribution in [3.8, 4) is 0 Å². The van der Waals surface area contributed by atoms with Crippen LogP contribution in [0.1, 0.15) is 30.0 Å². The molecule has 0 aliphatic rings. The molecule has 2 aromatic rings. The number of para-hydroxylation sites is 1. The van der Waals surface area contributed by atoms with Crippen molar-refractivity contribution < 1.29 is 34.8 Å². The number of aryl methyl sites for hydroxylation is 3. The number of carboxylic acids is 2. The summed E-state index contributed by atoms with van der Waals surface area (Å²) in [5.41, 5.74) is 10.2. The summed E-state index contributed by atoms with van der Waals surface area (Å²) >= 11 is 0. The number of aliphatic hydroxyl groups excluding tert-OH is 2. The van der Waals surface area contributed by atoms with Crippen molar-refractivity contribution in [3.63, 3.8) is 0 Å². The summed E-state index contributed by atoms with van der Waals surface area (Å²) in [5, 5.41) is 32.5. The normalized spacial score (nSPS) is 13.2. The quantitative estimate of drug-likeness (QED) is 0.363. The molecule has 2 unspecified atom stereocenters. The summed E-state index contributed by atoms with van der Waals surface area (Å²) in [6.07, 6.45) is 0.873. The molecule has 0 saturated carbocycles. The lowest BCUT2D eigenvalue weighted by molar-refractivity contribution is -0.165. The van der Waals surface area contributed by atoms with Gasteiger partial charge in [-0.25, -0.2) is 9.59 Å². The van der Waals surface area contributed by atoms with Gasteiger partial charge in [0.2, 0.25) is 5.91 Å². The average Bonchev–Trinajstić information content (AvgIpc) is 2.77. The number of rotatable bonds is 9. The molecule has 0 saturated heterocycles. The second-order valence-corrected chi connectivity index (χ2v) is 7.55. The predicted octanol–water partition coefficient (Wildman–Crippen LogP) is 0.889. The van der Waals surface area contributed by atoms with Crippen molar-refractivity contribution in [2.45, 2.75) is 51.9 Å². The van der Waals surface area contributed by atoms with Gasteiger partial charge in [-0.1, -0.05) is 24.3 Å². The van der Waals surface area contributed by atoms with Gasteiger partial charge in [0.15, 0.2) is 12.2 Å². The van der Waals surface area contributed by atoms with Crippen LogP contribution in [0.15, 0.2) is 42.7 Å². The molecule has 0 bridgehead atoms. The van der Waals surface area contributed by atoms with Gasteiger partial charge in [0.05, 0.1) is 6.04 Å². The van der Waals surface area contributed by atoms with E-state index in [1.165, 1.54) is 5.56 Å². The number of aliphatic hydroxyl groups is 2. The molecule has 33 heavy (non-hydrogen) atoms. The molecule has 0 radical (unpaired) electrons. The van der Waals surface area contributed by atoms with E-state index in [-0.39, 0.29) is 5.91 Å². The van der Waals surface area contributed by atoms with Gasteiger partial charge >= 0.3 is 11.9 Å². The monoisotopic (exact) mass is 461 g/mol. The summed E-state index contributed by atoms with van der Waals surface area (Å²) in [5.74, 6) is -3.57. The molecule has 6 N–H and O–H groups in total. The van der Waals surface area contributed by atoms with E-state index in [4.69, 9.17) is 26.2 Å².